The highest BCUT2D eigenvalue weighted by molar-refractivity contribution is 6.09. The number of hydrogen-bond donors (Lipinski definition) is 3. The summed E-state index contributed by atoms with van der Waals surface area (Å²) >= 11 is 0. The average Bonchev–Trinajstić information content (AvgIpc) is 3.03. The molecule has 2 aromatic carbocycles. The lowest BCUT2D eigenvalue weighted by Crippen LogP contribution is -2.05. The molecular weight excluding hydrogens is 335 g/mol. The predicted octanol–water partition coefficient (Wildman–Crippen LogP) is 4.11. The highest BCUT2D eigenvalue weighted by atomic mass is 19.4. The third-order valence-electron chi connectivity index (χ3n) is 3.42. The van der Waals surface area contributed by atoms with Crippen molar-refractivity contribution >= 4 is 17.4 Å². The smallest absolute Gasteiger partial charge is 0.416 e. The van der Waals surface area contributed by atoms with E-state index in [4.69, 9.17) is 0 Å². The molecular formula is C17H12F3N3O2. The highest BCUT2D eigenvalue weighted by Crippen LogP contribution is 2.31. The van der Waals surface area contributed by atoms with Gasteiger partial charge in [-0.1, -0.05) is 18.2 Å². The maximum atomic E-state index is 12.7. The SMILES string of the molecule is O=C(c1cnc(Nc2cccc(C(F)(F)F)c2)[nH]1)c1ccccc1O. The molecule has 1 aromatic heterocycles. The van der Waals surface area contributed by atoms with Crippen molar-refractivity contribution in [1.29, 1.82) is 0 Å². The zero-order chi connectivity index (χ0) is 18.0. The molecule has 3 aromatic rings. The molecule has 25 heavy (non-hydrogen) atoms. The molecule has 0 amide bonds. The molecule has 0 aliphatic carbocycles. The van der Waals surface area contributed by atoms with Crippen LogP contribution in [0.25, 0.3) is 0 Å². The summed E-state index contributed by atoms with van der Waals surface area (Å²) in [6.07, 6.45) is -3.21. The summed E-state index contributed by atoms with van der Waals surface area (Å²) in [7, 11) is 0. The van der Waals surface area contributed by atoms with E-state index in [1.165, 1.54) is 30.5 Å². The van der Waals surface area contributed by atoms with Crippen molar-refractivity contribution in [3.05, 3.63) is 71.5 Å². The van der Waals surface area contributed by atoms with Crippen LogP contribution in [0.2, 0.25) is 0 Å². The largest absolute Gasteiger partial charge is 0.507 e. The molecule has 5 nitrogen and oxygen atoms in total. The summed E-state index contributed by atoms with van der Waals surface area (Å²) in [5, 5.41) is 12.4. The van der Waals surface area contributed by atoms with E-state index >= 15 is 0 Å². The molecule has 0 fully saturated rings. The van der Waals surface area contributed by atoms with Crippen molar-refractivity contribution in [2.45, 2.75) is 6.18 Å². The van der Waals surface area contributed by atoms with Crippen molar-refractivity contribution in [1.82, 2.24) is 9.97 Å². The molecule has 8 heteroatoms. The third kappa shape index (κ3) is 3.63. The number of H-pyrrole nitrogens is 1. The molecule has 0 aliphatic rings. The van der Waals surface area contributed by atoms with Crippen LogP contribution < -0.4 is 5.32 Å². The average molecular weight is 347 g/mol. The first kappa shape index (κ1) is 16.6. The first-order valence-electron chi connectivity index (χ1n) is 7.16. The first-order chi connectivity index (χ1) is 11.8. The molecule has 128 valence electrons. The van der Waals surface area contributed by atoms with Gasteiger partial charge in [-0.15, -0.1) is 0 Å². The standard InChI is InChI=1S/C17H12F3N3O2/c18-17(19,20)10-4-3-5-11(8-10)22-16-21-9-13(23-16)15(25)12-6-1-2-7-14(12)24/h1-9,24H,(H2,21,22,23). The normalized spacial score (nSPS) is 11.3. The van der Waals surface area contributed by atoms with Gasteiger partial charge in [0, 0.05) is 5.69 Å². The summed E-state index contributed by atoms with van der Waals surface area (Å²) in [5.41, 5.74) is -0.437. The van der Waals surface area contributed by atoms with Crippen LogP contribution in [0.3, 0.4) is 0 Å². The summed E-state index contributed by atoms with van der Waals surface area (Å²) in [5.74, 6) is -0.546. The lowest BCUT2D eigenvalue weighted by atomic mass is 10.1. The number of benzene rings is 2. The molecule has 3 N–H and O–H groups in total. The second kappa shape index (κ2) is 6.31. The molecule has 0 saturated carbocycles. The number of para-hydroxylation sites is 1. The van der Waals surface area contributed by atoms with Crippen molar-refractivity contribution in [2.24, 2.45) is 0 Å². The van der Waals surface area contributed by atoms with Crippen LogP contribution in [0.1, 0.15) is 21.6 Å². The Kier molecular flexibility index (Phi) is 4.18. The van der Waals surface area contributed by atoms with Gasteiger partial charge in [-0.2, -0.15) is 13.2 Å². The maximum absolute atomic E-state index is 12.7. The number of aromatic nitrogens is 2. The lowest BCUT2D eigenvalue weighted by molar-refractivity contribution is -0.137. The zero-order valence-electron chi connectivity index (χ0n) is 12.6. The van der Waals surface area contributed by atoms with Gasteiger partial charge in [0.15, 0.2) is 0 Å². The van der Waals surface area contributed by atoms with E-state index in [1.54, 1.807) is 12.1 Å². The first-order valence-corrected chi connectivity index (χ1v) is 7.16. The Labute approximate surface area is 140 Å². The van der Waals surface area contributed by atoms with Crippen molar-refractivity contribution in [3.8, 4) is 5.75 Å². The lowest BCUT2D eigenvalue weighted by Gasteiger charge is -2.09. The van der Waals surface area contributed by atoms with E-state index in [0.717, 1.165) is 12.1 Å². The van der Waals surface area contributed by atoms with Gasteiger partial charge in [0.1, 0.15) is 11.4 Å². The monoisotopic (exact) mass is 347 g/mol. The number of imidazole rings is 1. The molecule has 3 rings (SSSR count). The number of hydrogen-bond acceptors (Lipinski definition) is 4. The minimum atomic E-state index is -4.45. The topological polar surface area (TPSA) is 78.0 Å². The Morgan fingerprint density at radius 1 is 1.12 bits per heavy atom. The Bertz CT molecular complexity index is 919. The predicted molar refractivity (Wildman–Crippen MR) is 84.9 cm³/mol. The van der Waals surface area contributed by atoms with Gasteiger partial charge in [0.25, 0.3) is 0 Å². The number of ketones is 1. The Morgan fingerprint density at radius 3 is 2.60 bits per heavy atom. The van der Waals surface area contributed by atoms with E-state index in [2.05, 4.69) is 15.3 Å². The van der Waals surface area contributed by atoms with Crippen molar-refractivity contribution < 1.29 is 23.1 Å². The molecule has 0 spiro atoms. The van der Waals surface area contributed by atoms with Crippen molar-refractivity contribution in [2.75, 3.05) is 5.32 Å². The third-order valence-corrected chi connectivity index (χ3v) is 3.42. The molecule has 0 unspecified atom stereocenters. The summed E-state index contributed by atoms with van der Waals surface area (Å²) in [6.45, 7) is 0. The van der Waals surface area contributed by atoms with E-state index in [0.29, 0.717) is 0 Å². The van der Waals surface area contributed by atoms with Crippen LogP contribution >= 0.6 is 0 Å². The van der Waals surface area contributed by atoms with E-state index in [-0.39, 0.29) is 28.6 Å². The second-order valence-electron chi connectivity index (χ2n) is 5.20. The van der Waals surface area contributed by atoms with Gasteiger partial charge in [0.05, 0.1) is 17.3 Å². The van der Waals surface area contributed by atoms with E-state index in [9.17, 15) is 23.1 Å². The number of aromatic hydroxyl groups is 1. The molecule has 1 heterocycles. The molecule has 0 atom stereocenters. The number of aromatic amines is 1. The number of halogens is 3. The van der Waals surface area contributed by atoms with Crippen LogP contribution in [0.15, 0.2) is 54.7 Å². The Hall–Kier alpha value is -3.29. The fourth-order valence-corrected chi connectivity index (χ4v) is 2.22. The van der Waals surface area contributed by atoms with E-state index < -0.39 is 17.5 Å². The number of carbonyl (C=O) groups excluding carboxylic acids is 1. The highest BCUT2D eigenvalue weighted by Gasteiger charge is 2.30. The number of nitrogens with zero attached hydrogens (tertiary/aromatic N) is 1. The molecule has 0 saturated heterocycles. The summed E-state index contributed by atoms with van der Waals surface area (Å²) in [4.78, 5) is 18.9. The second-order valence-corrected chi connectivity index (χ2v) is 5.20. The number of rotatable bonds is 4. The minimum Gasteiger partial charge on any atom is -0.507 e. The van der Waals surface area contributed by atoms with Crippen LogP contribution in [0, 0.1) is 0 Å². The van der Waals surface area contributed by atoms with Gasteiger partial charge in [-0.3, -0.25) is 4.79 Å². The number of phenolic OH excluding ortho intramolecular Hbond substituents is 1. The van der Waals surface area contributed by atoms with Gasteiger partial charge >= 0.3 is 6.18 Å². The number of nitrogens with one attached hydrogen (secondary N) is 2. The minimum absolute atomic E-state index is 0.0935. The maximum Gasteiger partial charge on any atom is 0.416 e. The van der Waals surface area contributed by atoms with Crippen LogP contribution in [0.4, 0.5) is 24.8 Å². The van der Waals surface area contributed by atoms with Crippen molar-refractivity contribution in [3.63, 3.8) is 0 Å². The Morgan fingerprint density at radius 2 is 1.88 bits per heavy atom. The van der Waals surface area contributed by atoms with Gasteiger partial charge in [-0.05, 0) is 30.3 Å². The molecule has 0 radical (unpaired) electrons. The number of alkyl halides is 3. The number of anilines is 2. The molecule has 0 aliphatic heterocycles. The quantitative estimate of drug-likeness (QED) is 0.621. The van der Waals surface area contributed by atoms with Gasteiger partial charge < -0.3 is 15.4 Å². The summed E-state index contributed by atoms with van der Waals surface area (Å²) in [6, 6.07) is 10.6. The van der Waals surface area contributed by atoms with Crippen LogP contribution in [-0.4, -0.2) is 20.9 Å². The van der Waals surface area contributed by atoms with Gasteiger partial charge in [0.2, 0.25) is 11.7 Å². The fraction of sp³-hybridized carbons (Fsp3) is 0.0588. The summed E-state index contributed by atoms with van der Waals surface area (Å²) < 4.78 is 38.2. The Balaban J connectivity index is 1.81. The molecule has 0 bridgehead atoms. The van der Waals surface area contributed by atoms with E-state index in [1.807, 2.05) is 0 Å². The van der Waals surface area contributed by atoms with Gasteiger partial charge in [-0.25, -0.2) is 4.98 Å². The fourth-order valence-electron chi connectivity index (χ4n) is 2.22. The van der Waals surface area contributed by atoms with Crippen LogP contribution in [-0.2, 0) is 6.18 Å². The zero-order valence-corrected chi connectivity index (χ0v) is 12.6. The number of phenols is 1. The van der Waals surface area contributed by atoms with Crippen LogP contribution in [0.5, 0.6) is 5.75 Å². The number of carbonyl (C=O) groups is 1.